The average molecular weight is 391 g/mol. The minimum atomic E-state index is -0.467. The molecule has 2 heterocycles. The van der Waals surface area contributed by atoms with E-state index >= 15 is 0 Å². The molecular formula is C19H25N3O4S. The van der Waals surface area contributed by atoms with E-state index in [1.807, 2.05) is 23.6 Å². The molecule has 2 aliphatic heterocycles. The highest BCUT2D eigenvalue weighted by atomic mass is 32.2. The fraction of sp³-hybridized carbons (Fsp3) is 0.579. The van der Waals surface area contributed by atoms with E-state index < -0.39 is 4.92 Å². The number of amides is 2. The minimum absolute atomic E-state index is 0.0194. The van der Waals surface area contributed by atoms with E-state index in [2.05, 4.69) is 0 Å². The highest BCUT2D eigenvalue weighted by Crippen LogP contribution is 2.44. The highest BCUT2D eigenvalue weighted by Gasteiger charge is 2.47. The number of carbonyl (C=O) groups is 2. The minimum Gasteiger partial charge on any atom is -0.342 e. The van der Waals surface area contributed by atoms with Gasteiger partial charge in [0.05, 0.1) is 9.79 Å². The van der Waals surface area contributed by atoms with Crippen LogP contribution in [-0.4, -0.2) is 56.8 Å². The van der Waals surface area contributed by atoms with Crippen molar-refractivity contribution in [1.82, 2.24) is 9.80 Å². The number of nitrogens with zero attached hydrogens (tertiary/aromatic N) is 3. The third-order valence-corrected chi connectivity index (χ3v) is 6.78. The second-order valence-electron chi connectivity index (χ2n) is 7.53. The van der Waals surface area contributed by atoms with Crippen molar-refractivity contribution in [3.8, 4) is 0 Å². The molecule has 7 nitrogen and oxygen atoms in total. The summed E-state index contributed by atoms with van der Waals surface area (Å²) in [5.41, 5.74) is 0.454. The molecule has 2 amide bonds. The van der Waals surface area contributed by atoms with Crippen LogP contribution < -0.4 is 0 Å². The highest BCUT2D eigenvalue weighted by molar-refractivity contribution is 8.00. The summed E-state index contributed by atoms with van der Waals surface area (Å²) < 4.78 is 0. The van der Waals surface area contributed by atoms with Gasteiger partial charge in [-0.2, -0.15) is 0 Å². The van der Waals surface area contributed by atoms with Crippen molar-refractivity contribution in [3.63, 3.8) is 0 Å². The molecule has 3 rings (SSSR count). The van der Waals surface area contributed by atoms with E-state index in [9.17, 15) is 19.7 Å². The Morgan fingerprint density at radius 3 is 2.37 bits per heavy atom. The Morgan fingerprint density at radius 2 is 1.81 bits per heavy atom. The quantitative estimate of drug-likeness (QED) is 0.581. The molecule has 2 aliphatic rings. The largest absolute Gasteiger partial charge is 0.342 e. The molecule has 0 saturated carbocycles. The van der Waals surface area contributed by atoms with Crippen molar-refractivity contribution >= 4 is 29.3 Å². The zero-order valence-corrected chi connectivity index (χ0v) is 16.5. The lowest BCUT2D eigenvalue weighted by Gasteiger charge is -2.44. The number of benzene rings is 1. The second kappa shape index (κ2) is 7.88. The molecule has 0 unspecified atom stereocenters. The van der Waals surface area contributed by atoms with Crippen LogP contribution in [0.2, 0.25) is 0 Å². The molecule has 0 N–H and O–H groups in total. The molecule has 2 saturated heterocycles. The maximum Gasteiger partial charge on any atom is 0.269 e. The fourth-order valence-electron chi connectivity index (χ4n) is 3.77. The Bertz CT molecular complexity index is 727. The summed E-state index contributed by atoms with van der Waals surface area (Å²) in [5, 5.41) is 10.8. The van der Waals surface area contributed by atoms with Crippen LogP contribution in [0.3, 0.4) is 0 Å². The Labute approximate surface area is 163 Å². The maximum atomic E-state index is 13.0. The van der Waals surface area contributed by atoms with Crippen LogP contribution in [-0.2, 0) is 4.79 Å². The maximum absolute atomic E-state index is 13.0. The van der Waals surface area contributed by atoms with Crippen LogP contribution in [0.1, 0.15) is 43.5 Å². The summed E-state index contributed by atoms with van der Waals surface area (Å²) in [4.78, 5) is 39.2. The number of thioether (sulfide) groups is 1. The van der Waals surface area contributed by atoms with Gasteiger partial charge in [-0.3, -0.25) is 19.7 Å². The van der Waals surface area contributed by atoms with Crippen LogP contribution in [0.15, 0.2) is 24.3 Å². The Morgan fingerprint density at radius 1 is 1.19 bits per heavy atom. The van der Waals surface area contributed by atoms with Crippen molar-refractivity contribution in [3.05, 3.63) is 39.9 Å². The van der Waals surface area contributed by atoms with Crippen LogP contribution in [0.4, 0.5) is 5.69 Å². The number of hydrogen-bond donors (Lipinski definition) is 0. The van der Waals surface area contributed by atoms with Gasteiger partial charge in [-0.1, -0.05) is 13.8 Å². The van der Waals surface area contributed by atoms with Crippen molar-refractivity contribution in [2.75, 3.05) is 25.4 Å². The topological polar surface area (TPSA) is 83.8 Å². The molecule has 0 aliphatic carbocycles. The smallest absolute Gasteiger partial charge is 0.269 e. The number of hydrogen-bond acceptors (Lipinski definition) is 5. The van der Waals surface area contributed by atoms with E-state index in [1.54, 1.807) is 11.8 Å². The fourth-order valence-corrected chi connectivity index (χ4v) is 5.23. The second-order valence-corrected chi connectivity index (χ2v) is 8.99. The molecule has 0 radical (unpaired) electrons. The van der Waals surface area contributed by atoms with Gasteiger partial charge in [0.15, 0.2) is 0 Å². The molecule has 0 bridgehead atoms. The first-order valence-electron chi connectivity index (χ1n) is 9.30. The van der Waals surface area contributed by atoms with E-state index in [0.29, 0.717) is 37.5 Å². The predicted octanol–water partition coefficient (Wildman–Crippen LogP) is 3.15. The summed E-state index contributed by atoms with van der Waals surface area (Å²) in [6, 6.07) is 5.80. The third kappa shape index (κ3) is 4.10. The molecule has 27 heavy (non-hydrogen) atoms. The van der Waals surface area contributed by atoms with E-state index in [4.69, 9.17) is 0 Å². The third-order valence-electron chi connectivity index (χ3n) is 5.23. The van der Waals surface area contributed by atoms with Gasteiger partial charge in [0.25, 0.3) is 11.6 Å². The lowest BCUT2D eigenvalue weighted by Crippen LogP contribution is -2.53. The average Bonchev–Trinajstić information content (AvgIpc) is 3.04. The monoisotopic (exact) mass is 391 g/mol. The molecular weight excluding hydrogens is 366 g/mol. The Balaban J connectivity index is 1.69. The predicted molar refractivity (Wildman–Crippen MR) is 105 cm³/mol. The number of rotatable bonds is 4. The number of non-ortho nitro benzene ring substituents is 1. The molecule has 1 aromatic rings. The SMILES string of the molecule is CC(C)CC(=O)N1CCC2(CC1)SCCN2C(=O)c1ccc([N+](=O)[O-])cc1. The number of carbonyl (C=O) groups excluding carboxylic acids is 2. The van der Waals surface area contributed by atoms with Gasteiger partial charge in [0, 0.05) is 49.5 Å². The standard InChI is InChI=1S/C19H25N3O4S/c1-14(2)13-17(23)20-9-7-19(8-10-20)21(11-12-27-19)18(24)15-3-5-16(6-4-15)22(25)26/h3-6,14H,7-13H2,1-2H3. The molecule has 0 aromatic heterocycles. The van der Waals surface area contributed by atoms with E-state index in [0.717, 1.165) is 18.6 Å². The van der Waals surface area contributed by atoms with Gasteiger partial charge in [-0.15, -0.1) is 11.8 Å². The molecule has 8 heteroatoms. The summed E-state index contributed by atoms with van der Waals surface area (Å²) in [6.07, 6.45) is 2.09. The normalized spacial score (nSPS) is 18.9. The molecule has 1 aromatic carbocycles. The van der Waals surface area contributed by atoms with E-state index in [-0.39, 0.29) is 22.4 Å². The number of likely N-dealkylation sites (tertiary alicyclic amines) is 1. The van der Waals surface area contributed by atoms with Crippen molar-refractivity contribution < 1.29 is 14.5 Å². The molecule has 1 spiro atoms. The van der Waals surface area contributed by atoms with Crippen molar-refractivity contribution in [2.24, 2.45) is 5.92 Å². The summed E-state index contributed by atoms with van der Waals surface area (Å²) in [7, 11) is 0. The lowest BCUT2D eigenvalue weighted by molar-refractivity contribution is -0.384. The Hall–Kier alpha value is -2.09. The molecule has 146 valence electrons. The number of piperidine rings is 1. The van der Waals surface area contributed by atoms with Gasteiger partial charge in [0.1, 0.15) is 0 Å². The zero-order chi connectivity index (χ0) is 19.6. The van der Waals surface area contributed by atoms with Gasteiger partial charge >= 0.3 is 0 Å². The zero-order valence-electron chi connectivity index (χ0n) is 15.7. The first kappa shape index (κ1) is 19.7. The number of nitro groups is 1. The number of nitro benzene ring substituents is 1. The first-order valence-corrected chi connectivity index (χ1v) is 10.3. The van der Waals surface area contributed by atoms with Crippen LogP contribution in [0, 0.1) is 16.0 Å². The van der Waals surface area contributed by atoms with Gasteiger partial charge in [-0.25, -0.2) is 0 Å². The molecule has 0 atom stereocenters. The van der Waals surface area contributed by atoms with Gasteiger partial charge in [-0.05, 0) is 30.9 Å². The van der Waals surface area contributed by atoms with Crippen LogP contribution in [0.5, 0.6) is 0 Å². The lowest BCUT2D eigenvalue weighted by atomic mass is 9.99. The summed E-state index contributed by atoms with van der Waals surface area (Å²) in [6.45, 7) is 6.09. The van der Waals surface area contributed by atoms with E-state index in [1.165, 1.54) is 24.3 Å². The van der Waals surface area contributed by atoms with Crippen molar-refractivity contribution in [1.29, 1.82) is 0 Å². The molecule has 2 fully saturated rings. The van der Waals surface area contributed by atoms with Crippen LogP contribution in [0.25, 0.3) is 0 Å². The van der Waals surface area contributed by atoms with Crippen LogP contribution >= 0.6 is 11.8 Å². The van der Waals surface area contributed by atoms with Crippen molar-refractivity contribution in [2.45, 2.75) is 38.0 Å². The Kier molecular flexibility index (Phi) is 5.74. The van der Waals surface area contributed by atoms with Gasteiger partial charge in [0.2, 0.25) is 5.91 Å². The summed E-state index contributed by atoms with van der Waals surface area (Å²) in [5.74, 6) is 1.32. The summed E-state index contributed by atoms with van der Waals surface area (Å²) >= 11 is 1.79. The first-order chi connectivity index (χ1) is 12.8. The van der Waals surface area contributed by atoms with Gasteiger partial charge < -0.3 is 9.80 Å².